The number of nitrogens with one attached hydrogen (secondary N) is 1. The maximum absolute atomic E-state index is 13.2. The zero-order valence-electron chi connectivity index (χ0n) is 18.3. The molecule has 0 aliphatic carbocycles. The van der Waals surface area contributed by atoms with Crippen LogP contribution >= 0.6 is 0 Å². The molecule has 1 N–H and O–H groups in total. The summed E-state index contributed by atoms with van der Waals surface area (Å²) in [6.45, 7) is 4.66. The smallest absolute Gasteiger partial charge is 0.328 e. The van der Waals surface area contributed by atoms with Gasteiger partial charge in [-0.15, -0.1) is 0 Å². The Kier molecular flexibility index (Phi) is 5.50. The van der Waals surface area contributed by atoms with Crippen LogP contribution in [0.5, 0.6) is 0 Å². The summed E-state index contributed by atoms with van der Waals surface area (Å²) in [7, 11) is 3.39. The lowest BCUT2D eigenvalue weighted by molar-refractivity contribution is 0.0945. The van der Waals surface area contributed by atoms with E-state index in [0.717, 1.165) is 27.5 Å². The molecule has 0 spiro atoms. The van der Waals surface area contributed by atoms with Gasteiger partial charge in [0.1, 0.15) is 5.69 Å². The summed E-state index contributed by atoms with van der Waals surface area (Å²) >= 11 is 0. The zero-order chi connectivity index (χ0) is 22.1. The highest BCUT2D eigenvalue weighted by Crippen LogP contribution is 2.34. The van der Waals surface area contributed by atoms with Crippen molar-refractivity contribution in [3.63, 3.8) is 0 Å². The minimum absolute atomic E-state index is 0.175. The average molecular weight is 418 g/mol. The fourth-order valence-electron chi connectivity index (χ4n) is 4.03. The first-order chi connectivity index (χ1) is 14.9. The van der Waals surface area contributed by atoms with E-state index in [4.69, 9.17) is 0 Å². The number of nitrogens with zero attached hydrogens (tertiary/aromatic N) is 4. The summed E-state index contributed by atoms with van der Waals surface area (Å²) in [5, 5.41) is 3.92. The van der Waals surface area contributed by atoms with Crippen molar-refractivity contribution in [1.82, 2.24) is 24.3 Å². The number of carbonyl (C=O) groups is 2. The van der Waals surface area contributed by atoms with Crippen LogP contribution in [0.3, 0.4) is 0 Å². The topological polar surface area (TPSA) is 72.2 Å². The molecule has 0 saturated heterocycles. The van der Waals surface area contributed by atoms with E-state index < -0.39 is 0 Å². The van der Waals surface area contributed by atoms with Gasteiger partial charge in [0, 0.05) is 44.5 Å². The second-order valence-electron chi connectivity index (χ2n) is 8.12. The van der Waals surface area contributed by atoms with Gasteiger partial charge >= 0.3 is 6.03 Å². The van der Waals surface area contributed by atoms with Gasteiger partial charge in [-0.1, -0.05) is 24.3 Å². The molecule has 3 heterocycles. The van der Waals surface area contributed by atoms with Gasteiger partial charge < -0.3 is 14.8 Å². The van der Waals surface area contributed by atoms with E-state index in [-0.39, 0.29) is 18.0 Å². The van der Waals surface area contributed by atoms with Crippen molar-refractivity contribution >= 4 is 33.9 Å². The molecule has 3 aromatic heterocycles. The Morgan fingerprint density at radius 3 is 2.55 bits per heavy atom. The van der Waals surface area contributed by atoms with E-state index in [2.05, 4.69) is 28.7 Å². The van der Waals surface area contributed by atoms with Gasteiger partial charge in [0.05, 0.1) is 16.6 Å². The largest absolute Gasteiger partial charge is 0.350 e. The third-order valence-corrected chi connectivity index (χ3v) is 5.40. The van der Waals surface area contributed by atoms with Crippen molar-refractivity contribution in [1.29, 1.82) is 0 Å². The Hall–Kier alpha value is -3.61. The Bertz CT molecular complexity index is 1250. The van der Waals surface area contributed by atoms with Gasteiger partial charge in [-0.25, -0.2) is 4.79 Å². The normalized spacial score (nSPS) is 11.4. The summed E-state index contributed by atoms with van der Waals surface area (Å²) in [6.07, 6.45) is 4.18. The van der Waals surface area contributed by atoms with Gasteiger partial charge in [0.15, 0.2) is 0 Å². The molecule has 4 aromatic rings. The summed E-state index contributed by atoms with van der Waals surface area (Å²) in [4.78, 5) is 31.9. The molecule has 0 unspecified atom stereocenters. The standard InChI is InChI=1S/C24H27N5O2/c1-16(2)28-19-10-6-5-9-18(19)22-20(28)14-21(29(22)24(31)27(3)4)23(30)26-13-11-17-8-7-12-25-15-17/h5-10,12,14-16H,11,13H2,1-4H3,(H,26,30). The van der Waals surface area contributed by atoms with Crippen LogP contribution in [0.25, 0.3) is 21.9 Å². The lowest BCUT2D eigenvalue weighted by Gasteiger charge is -2.15. The maximum Gasteiger partial charge on any atom is 0.328 e. The number of carbonyl (C=O) groups excluding carboxylic acids is 2. The van der Waals surface area contributed by atoms with Crippen molar-refractivity contribution in [2.45, 2.75) is 26.3 Å². The van der Waals surface area contributed by atoms with Crippen LogP contribution in [-0.2, 0) is 6.42 Å². The summed E-state index contributed by atoms with van der Waals surface area (Å²) < 4.78 is 3.71. The molecule has 0 saturated carbocycles. The molecule has 0 aliphatic rings. The molecule has 0 atom stereocenters. The van der Waals surface area contributed by atoms with Crippen molar-refractivity contribution in [2.24, 2.45) is 0 Å². The minimum Gasteiger partial charge on any atom is -0.350 e. The first kappa shape index (κ1) is 20.7. The second-order valence-corrected chi connectivity index (χ2v) is 8.12. The van der Waals surface area contributed by atoms with Crippen molar-refractivity contribution in [3.8, 4) is 0 Å². The Labute approximate surface area is 181 Å². The van der Waals surface area contributed by atoms with Crippen LogP contribution in [0.4, 0.5) is 4.79 Å². The first-order valence-electron chi connectivity index (χ1n) is 10.4. The molecule has 0 aliphatic heterocycles. The molecular weight excluding hydrogens is 390 g/mol. The lowest BCUT2D eigenvalue weighted by Crippen LogP contribution is -2.33. The highest BCUT2D eigenvalue weighted by molar-refractivity contribution is 6.14. The van der Waals surface area contributed by atoms with Crippen LogP contribution in [0.15, 0.2) is 54.9 Å². The number of benzene rings is 1. The first-order valence-corrected chi connectivity index (χ1v) is 10.4. The number of hydrogen-bond acceptors (Lipinski definition) is 3. The Morgan fingerprint density at radius 2 is 1.87 bits per heavy atom. The quantitative estimate of drug-likeness (QED) is 0.532. The predicted molar refractivity (Wildman–Crippen MR) is 123 cm³/mol. The third-order valence-electron chi connectivity index (χ3n) is 5.40. The number of amides is 2. The zero-order valence-corrected chi connectivity index (χ0v) is 18.3. The predicted octanol–water partition coefficient (Wildman–Crippen LogP) is 4.07. The maximum atomic E-state index is 13.2. The fourth-order valence-corrected chi connectivity index (χ4v) is 4.03. The van der Waals surface area contributed by atoms with Crippen LogP contribution in [0.2, 0.25) is 0 Å². The van der Waals surface area contributed by atoms with E-state index in [1.165, 1.54) is 9.47 Å². The molecule has 4 rings (SSSR count). The summed E-state index contributed by atoms with van der Waals surface area (Å²) in [6, 6.07) is 13.6. The number of pyridine rings is 1. The van der Waals surface area contributed by atoms with Crippen LogP contribution < -0.4 is 5.32 Å². The summed E-state index contributed by atoms with van der Waals surface area (Å²) in [5.74, 6) is -0.269. The minimum atomic E-state index is -0.269. The van der Waals surface area contributed by atoms with Gasteiger partial charge in [-0.2, -0.15) is 0 Å². The number of fused-ring (bicyclic) bond motifs is 3. The van der Waals surface area contributed by atoms with Gasteiger partial charge in [-0.05, 0) is 44.0 Å². The van der Waals surface area contributed by atoms with Crippen LogP contribution in [-0.4, -0.2) is 51.6 Å². The molecule has 0 radical (unpaired) electrons. The molecule has 2 amide bonds. The number of aromatic nitrogens is 3. The lowest BCUT2D eigenvalue weighted by atomic mass is 10.2. The number of para-hydroxylation sites is 1. The molecule has 0 fully saturated rings. The Balaban J connectivity index is 1.79. The monoisotopic (exact) mass is 417 g/mol. The van der Waals surface area contributed by atoms with Gasteiger partial charge in [0.25, 0.3) is 5.91 Å². The number of hydrogen-bond donors (Lipinski definition) is 1. The van der Waals surface area contributed by atoms with Crippen molar-refractivity contribution in [2.75, 3.05) is 20.6 Å². The molecule has 1 aromatic carbocycles. The van der Waals surface area contributed by atoms with Crippen molar-refractivity contribution in [3.05, 3.63) is 66.1 Å². The van der Waals surface area contributed by atoms with E-state index >= 15 is 0 Å². The van der Waals surface area contributed by atoms with Gasteiger partial charge in [0.2, 0.25) is 0 Å². The van der Waals surface area contributed by atoms with E-state index in [0.29, 0.717) is 18.7 Å². The molecule has 7 heteroatoms. The molecule has 160 valence electrons. The highest BCUT2D eigenvalue weighted by Gasteiger charge is 2.26. The SMILES string of the molecule is CC(C)n1c2ccccc2c2c1cc(C(=O)NCCc1cccnc1)n2C(=O)N(C)C. The van der Waals surface area contributed by atoms with E-state index in [1.807, 2.05) is 42.5 Å². The van der Waals surface area contributed by atoms with Crippen LogP contribution in [0, 0.1) is 0 Å². The highest BCUT2D eigenvalue weighted by atomic mass is 16.2. The molecule has 7 nitrogen and oxygen atoms in total. The average Bonchev–Trinajstić information content (AvgIpc) is 3.28. The van der Waals surface area contributed by atoms with E-state index in [9.17, 15) is 9.59 Å². The molecule has 0 bridgehead atoms. The third kappa shape index (κ3) is 3.67. The van der Waals surface area contributed by atoms with Crippen molar-refractivity contribution < 1.29 is 9.59 Å². The summed E-state index contributed by atoms with van der Waals surface area (Å²) in [5.41, 5.74) is 4.08. The van der Waals surface area contributed by atoms with E-state index in [1.54, 1.807) is 26.5 Å². The second kappa shape index (κ2) is 8.26. The Morgan fingerprint density at radius 1 is 1.10 bits per heavy atom. The molecule has 31 heavy (non-hydrogen) atoms. The number of rotatable bonds is 5. The van der Waals surface area contributed by atoms with Crippen LogP contribution in [0.1, 0.15) is 35.9 Å². The van der Waals surface area contributed by atoms with Gasteiger partial charge in [-0.3, -0.25) is 14.3 Å². The molecular formula is C24H27N5O2. The fraction of sp³-hybridized carbons (Fsp3) is 0.292.